The first kappa shape index (κ1) is 23.2. The van der Waals surface area contributed by atoms with Crippen molar-refractivity contribution in [2.24, 2.45) is 0 Å². The Morgan fingerprint density at radius 1 is 1.12 bits per heavy atom. The van der Waals surface area contributed by atoms with Crippen LogP contribution in [0.1, 0.15) is 53.4 Å². The molecule has 0 saturated carbocycles. The Labute approximate surface area is 195 Å². The van der Waals surface area contributed by atoms with Gasteiger partial charge in [0.05, 0.1) is 29.9 Å². The van der Waals surface area contributed by atoms with Crippen molar-refractivity contribution in [2.45, 2.75) is 50.3 Å². The molecule has 2 aromatic rings. The van der Waals surface area contributed by atoms with Gasteiger partial charge in [0.2, 0.25) is 11.8 Å². The summed E-state index contributed by atoms with van der Waals surface area (Å²) in [5.41, 5.74) is 1.17. The number of fused-ring (bicyclic) bond motifs is 1. The van der Waals surface area contributed by atoms with Crippen LogP contribution in [0.5, 0.6) is 5.75 Å². The zero-order chi connectivity index (χ0) is 23.8. The molecule has 11 heteroatoms. The molecular formula is C22H24N2O7S2. The number of thiophene rings is 1. The maximum Gasteiger partial charge on any atom is 0.341 e. The number of hydrogen-bond acceptors (Lipinski definition) is 8. The molecule has 0 bridgehead atoms. The van der Waals surface area contributed by atoms with Gasteiger partial charge in [-0.05, 0) is 56.4 Å². The maximum absolute atomic E-state index is 13.3. The smallest absolute Gasteiger partial charge is 0.341 e. The second-order valence-corrected chi connectivity index (χ2v) is 10.5. The number of ether oxygens (including phenoxy) is 2. The first-order valence-corrected chi connectivity index (χ1v) is 12.9. The number of nitrogens with zero attached hydrogens (tertiary/aromatic N) is 1. The van der Waals surface area contributed by atoms with E-state index in [9.17, 15) is 22.8 Å². The lowest BCUT2D eigenvalue weighted by Crippen LogP contribution is -2.29. The number of aryl methyl sites for hydroxylation is 1. The molecule has 9 nitrogen and oxygen atoms in total. The maximum atomic E-state index is 13.3. The lowest BCUT2D eigenvalue weighted by molar-refractivity contribution is -0.121. The second kappa shape index (κ2) is 9.14. The molecule has 0 unspecified atom stereocenters. The van der Waals surface area contributed by atoms with Gasteiger partial charge in [-0.2, -0.15) is 0 Å². The monoisotopic (exact) mass is 492 g/mol. The van der Waals surface area contributed by atoms with Gasteiger partial charge in [0.15, 0.2) is 0 Å². The van der Waals surface area contributed by atoms with Crippen molar-refractivity contribution < 1.29 is 32.3 Å². The summed E-state index contributed by atoms with van der Waals surface area (Å²) in [6.45, 7) is 1.87. The number of esters is 1. The second-order valence-electron chi connectivity index (χ2n) is 7.70. The quantitative estimate of drug-likeness (QED) is 0.465. The average Bonchev–Trinajstić information content (AvgIpc) is 3.31. The first-order chi connectivity index (χ1) is 15.8. The minimum absolute atomic E-state index is 0.0564. The predicted molar refractivity (Wildman–Crippen MR) is 122 cm³/mol. The molecule has 1 aliphatic carbocycles. The van der Waals surface area contributed by atoms with Gasteiger partial charge in [-0.1, -0.05) is 0 Å². The molecule has 1 saturated heterocycles. The number of amides is 2. The highest BCUT2D eigenvalue weighted by Crippen LogP contribution is 2.40. The van der Waals surface area contributed by atoms with E-state index in [1.807, 2.05) is 0 Å². The average molecular weight is 493 g/mol. The largest absolute Gasteiger partial charge is 0.495 e. The normalized spacial score (nSPS) is 16.0. The van der Waals surface area contributed by atoms with Gasteiger partial charge >= 0.3 is 5.97 Å². The number of hydrogen-bond donors (Lipinski definition) is 1. The lowest BCUT2D eigenvalue weighted by Gasteiger charge is -2.18. The van der Waals surface area contributed by atoms with Crippen LogP contribution < -0.4 is 14.4 Å². The highest BCUT2D eigenvalue weighted by Gasteiger charge is 2.34. The molecule has 0 atom stereocenters. The van der Waals surface area contributed by atoms with Crippen LogP contribution in [0.15, 0.2) is 23.1 Å². The highest BCUT2D eigenvalue weighted by molar-refractivity contribution is 7.93. The van der Waals surface area contributed by atoms with E-state index in [1.54, 1.807) is 6.92 Å². The Hall–Kier alpha value is -2.92. The molecule has 1 N–H and O–H groups in total. The summed E-state index contributed by atoms with van der Waals surface area (Å²) in [6, 6.07) is 3.96. The molecule has 33 heavy (non-hydrogen) atoms. The number of rotatable bonds is 7. The number of benzene rings is 1. The fraction of sp³-hybridized carbons (Fsp3) is 0.409. The van der Waals surface area contributed by atoms with Crippen LogP contribution in [-0.4, -0.2) is 39.9 Å². The van der Waals surface area contributed by atoms with Gasteiger partial charge in [-0.25, -0.2) is 18.1 Å². The SMILES string of the molecule is CCOC(=O)c1c(NS(=O)(=O)c2ccc(OC)c(N3C(=O)CCC3=O)c2)sc2c1CCCC2. The zero-order valence-electron chi connectivity index (χ0n) is 18.3. The van der Waals surface area contributed by atoms with Crippen LogP contribution in [-0.2, 0) is 37.2 Å². The van der Waals surface area contributed by atoms with Gasteiger partial charge in [0, 0.05) is 17.7 Å². The van der Waals surface area contributed by atoms with Gasteiger partial charge in [0.25, 0.3) is 10.0 Å². The Bertz CT molecular complexity index is 1220. The zero-order valence-corrected chi connectivity index (χ0v) is 19.9. The van der Waals surface area contributed by atoms with E-state index in [4.69, 9.17) is 9.47 Å². The van der Waals surface area contributed by atoms with Crippen LogP contribution in [0.2, 0.25) is 0 Å². The van der Waals surface area contributed by atoms with E-state index in [0.29, 0.717) is 6.42 Å². The molecule has 4 rings (SSSR count). The minimum Gasteiger partial charge on any atom is -0.495 e. The highest BCUT2D eigenvalue weighted by atomic mass is 32.2. The fourth-order valence-electron chi connectivity index (χ4n) is 4.09. The molecule has 1 aromatic carbocycles. The van der Waals surface area contributed by atoms with E-state index in [0.717, 1.165) is 34.6 Å². The molecule has 1 fully saturated rings. The number of imide groups is 1. The number of anilines is 2. The third-order valence-electron chi connectivity index (χ3n) is 5.63. The Kier molecular flexibility index (Phi) is 6.44. The molecule has 176 valence electrons. The molecule has 2 heterocycles. The van der Waals surface area contributed by atoms with Gasteiger partial charge in [0.1, 0.15) is 10.8 Å². The minimum atomic E-state index is -4.15. The van der Waals surface area contributed by atoms with E-state index < -0.39 is 27.8 Å². The summed E-state index contributed by atoms with van der Waals surface area (Å²) < 4.78 is 39.6. The van der Waals surface area contributed by atoms with Crippen LogP contribution in [0.4, 0.5) is 10.7 Å². The Morgan fingerprint density at radius 2 is 1.82 bits per heavy atom. The summed E-state index contributed by atoms with van der Waals surface area (Å²) in [4.78, 5) is 38.9. The number of carbonyl (C=O) groups excluding carboxylic acids is 3. The van der Waals surface area contributed by atoms with Crippen molar-refractivity contribution >= 4 is 49.8 Å². The van der Waals surface area contributed by atoms with Crippen molar-refractivity contribution in [3.63, 3.8) is 0 Å². The number of sulfonamides is 1. The Balaban J connectivity index is 1.74. The van der Waals surface area contributed by atoms with Crippen molar-refractivity contribution in [1.29, 1.82) is 0 Å². The van der Waals surface area contributed by atoms with E-state index >= 15 is 0 Å². The predicted octanol–water partition coefficient (Wildman–Crippen LogP) is 3.27. The number of methoxy groups -OCH3 is 1. The third-order valence-corrected chi connectivity index (χ3v) is 8.31. The van der Waals surface area contributed by atoms with Crippen LogP contribution in [0.25, 0.3) is 0 Å². The van der Waals surface area contributed by atoms with Gasteiger partial charge < -0.3 is 9.47 Å². The molecule has 2 amide bonds. The first-order valence-electron chi connectivity index (χ1n) is 10.6. The lowest BCUT2D eigenvalue weighted by atomic mass is 9.95. The van der Waals surface area contributed by atoms with Crippen molar-refractivity contribution in [1.82, 2.24) is 0 Å². The molecule has 2 aliphatic rings. The van der Waals surface area contributed by atoms with E-state index in [2.05, 4.69) is 4.72 Å². The van der Waals surface area contributed by atoms with Crippen LogP contribution in [0, 0.1) is 0 Å². The van der Waals surface area contributed by atoms with Gasteiger partial charge in [-0.15, -0.1) is 11.3 Å². The van der Waals surface area contributed by atoms with Gasteiger partial charge in [-0.3, -0.25) is 14.3 Å². The summed E-state index contributed by atoms with van der Waals surface area (Å²) in [7, 11) is -2.77. The summed E-state index contributed by atoms with van der Waals surface area (Å²) in [5, 5.41) is 0.214. The van der Waals surface area contributed by atoms with Crippen molar-refractivity contribution in [3.05, 3.63) is 34.2 Å². The number of nitrogens with one attached hydrogen (secondary N) is 1. The molecule has 0 spiro atoms. The number of carbonyl (C=O) groups is 3. The van der Waals surface area contributed by atoms with Crippen molar-refractivity contribution in [3.8, 4) is 5.75 Å². The topological polar surface area (TPSA) is 119 Å². The summed E-state index contributed by atoms with van der Waals surface area (Å²) in [5.74, 6) is -1.19. The summed E-state index contributed by atoms with van der Waals surface area (Å²) in [6.07, 6.45) is 3.47. The third kappa shape index (κ3) is 4.34. The molecule has 0 radical (unpaired) electrons. The van der Waals surface area contributed by atoms with E-state index in [1.165, 1.54) is 36.6 Å². The van der Waals surface area contributed by atoms with Crippen LogP contribution >= 0.6 is 11.3 Å². The van der Waals surface area contributed by atoms with E-state index in [-0.39, 0.29) is 46.3 Å². The molecule has 1 aromatic heterocycles. The standard InChI is InChI=1S/C22H24N2O7S2/c1-3-31-22(27)20-14-6-4-5-7-17(14)32-21(20)23-33(28,29)13-8-9-16(30-2)15(12-13)24-18(25)10-11-19(24)26/h8-9,12,23H,3-7,10-11H2,1-2H3. The van der Waals surface area contributed by atoms with Crippen molar-refractivity contribution in [2.75, 3.05) is 23.3 Å². The molecular weight excluding hydrogens is 468 g/mol. The fourth-order valence-corrected chi connectivity index (χ4v) is 6.70. The Morgan fingerprint density at radius 3 is 2.48 bits per heavy atom. The summed E-state index contributed by atoms with van der Waals surface area (Å²) >= 11 is 1.24. The van der Waals surface area contributed by atoms with Crippen LogP contribution in [0.3, 0.4) is 0 Å². The molecule has 1 aliphatic heterocycles.